The molecule has 5 nitrogen and oxygen atoms in total. The van der Waals surface area contributed by atoms with Crippen LogP contribution in [0.2, 0.25) is 0 Å². The highest BCUT2D eigenvalue weighted by Gasteiger charge is 2.20. The monoisotopic (exact) mass is 284 g/mol. The van der Waals surface area contributed by atoms with E-state index < -0.39 is 15.8 Å². The van der Waals surface area contributed by atoms with E-state index in [-0.39, 0.29) is 10.8 Å². The van der Waals surface area contributed by atoms with Crippen LogP contribution >= 0.6 is 0 Å². The summed E-state index contributed by atoms with van der Waals surface area (Å²) in [5.41, 5.74) is -0.117. The van der Waals surface area contributed by atoms with E-state index in [9.17, 15) is 12.8 Å². The van der Waals surface area contributed by atoms with Crippen molar-refractivity contribution in [3.63, 3.8) is 0 Å². The Balaban J connectivity index is 2.25. The predicted molar refractivity (Wildman–Crippen MR) is 68.7 cm³/mol. The van der Waals surface area contributed by atoms with Gasteiger partial charge in [-0.15, -0.1) is 0 Å². The lowest BCUT2D eigenvalue weighted by Gasteiger charge is -2.06. The first-order valence-electron chi connectivity index (χ1n) is 5.53. The average Bonchev–Trinajstić information content (AvgIpc) is 2.82. The summed E-state index contributed by atoms with van der Waals surface area (Å²) in [5, 5.41) is 2.59. The predicted octanol–water partition coefficient (Wildman–Crippen LogP) is 1.94. The third kappa shape index (κ3) is 3.12. The molecule has 0 aliphatic rings. The first kappa shape index (κ1) is 13.6. The van der Waals surface area contributed by atoms with Crippen LogP contribution in [0.3, 0.4) is 0 Å². The van der Waals surface area contributed by atoms with Gasteiger partial charge in [-0.25, -0.2) is 4.39 Å². The number of furan rings is 1. The second-order valence-corrected chi connectivity index (χ2v) is 5.45. The van der Waals surface area contributed by atoms with E-state index >= 15 is 0 Å². The Bertz CT molecular complexity index is 667. The van der Waals surface area contributed by atoms with Crippen LogP contribution in [-0.2, 0) is 16.6 Å². The van der Waals surface area contributed by atoms with Crippen molar-refractivity contribution in [3.05, 3.63) is 48.0 Å². The average molecular weight is 284 g/mol. The Kier molecular flexibility index (Phi) is 3.87. The van der Waals surface area contributed by atoms with Gasteiger partial charge >= 0.3 is 0 Å². The summed E-state index contributed by atoms with van der Waals surface area (Å²) in [7, 11) is -2.20. The van der Waals surface area contributed by atoms with Gasteiger partial charge in [-0.2, -0.15) is 8.42 Å². The largest absolute Gasteiger partial charge is 0.446 e. The molecule has 2 rings (SSSR count). The van der Waals surface area contributed by atoms with Crippen LogP contribution in [0.4, 0.5) is 10.1 Å². The van der Waals surface area contributed by atoms with Crippen LogP contribution in [0.1, 0.15) is 5.76 Å². The van der Waals surface area contributed by atoms with Crippen molar-refractivity contribution in [3.8, 4) is 0 Å². The summed E-state index contributed by atoms with van der Waals surface area (Å²) in [6.45, 7) is 0.412. The molecule has 2 N–H and O–H groups in total. The first-order valence-corrected chi connectivity index (χ1v) is 7.02. The molecule has 1 heterocycles. The number of anilines is 1. The molecule has 0 bridgehead atoms. The molecule has 0 spiro atoms. The fourth-order valence-electron chi connectivity index (χ4n) is 1.51. The second-order valence-electron chi connectivity index (χ2n) is 3.84. The molecule has 0 saturated heterocycles. The maximum Gasteiger partial charge on any atom is 0.295 e. The van der Waals surface area contributed by atoms with E-state index in [1.54, 1.807) is 13.1 Å². The SMILES string of the molecule is CNCc1ccc(S(=O)(=O)Nc2ccccc2F)o1. The minimum Gasteiger partial charge on any atom is -0.446 e. The van der Waals surface area contributed by atoms with Gasteiger partial charge < -0.3 is 9.73 Å². The molecule has 102 valence electrons. The molecule has 0 aliphatic carbocycles. The summed E-state index contributed by atoms with van der Waals surface area (Å²) in [6, 6.07) is 8.40. The quantitative estimate of drug-likeness (QED) is 0.880. The van der Waals surface area contributed by atoms with Crippen molar-refractivity contribution < 1.29 is 17.2 Å². The molecule has 0 aliphatic heterocycles. The molecule has 0 radical (unpaired) electrons. The lowest BCUT2D eigenvalue weighted by molar-refractivity contribution is 0.408. The van der Waals surface area contributed by atoms with Crippen molar-refractivity contribution in [2.75, 3.05) is 11.8 Å². The van der Waals surface area contributed by atoms with Crippen molar-refractivity contribution in [1.29, 1.82) is 0 Å². The zero-order valence-electron chi connectivity index (χ0n) is 10.2. The first-order chi connectivity index (χ1) is 9.03. The maximum atomic E-state index is 13.4. The summed E-state index contributed by atoms with van der Waals surface area (Å²) < 4.78 is 44.7. The summed E-state index contributed by atoms with van der Waals surface area (Å²) in [6.07, 6.45) is 0. The van der Waals surface area contributed by atoms with Crippen molar-refractivity contribution >= 4 is 15.7 Å². The standard InChI is InChI=1S/C12H13FN2O3S/c1-14-8-9-6-7-12(18-9)19(16,17)15-11-5-3-2-4-10(11)13/h2-7,14-15H,8H2,1H3. The molecular formula is C12H13FN2O3S. The fraction of sp³-hybridized carbons (Fsp3) is 0.167. The molecule has 1 aromatic carbocycles. The number of hydrogen-bond donors (Lipinski definition) is 2. The van der Waals surface area contributed by atoms with Crippen molar-refractivity contribution in [2.45, 2.75) is 11.6 Å². The highest BCUT2D eigenvalue weighted by atomic mass is 32.2. The van der Waals surface area contributed by atoms with Gasteiger partial charge in [0.1, 0.15) is 11.6 Å². The number of halogens is 1. The Hall–Kier alpha value is -1.86. The number of nitrogens with one attached hydrogen (secondary N) is 2. The summed E-state index contributed by atoms with van der Waals surface area (Å²) >= 11 is 0. The van der Waals surface area contributed by atoms with Gasteiger partial charge in [0, 0.05) is 0 Å². The molecular weight excluding hydrogens is 271 g/mol. The highest BCUT2D eigenvalue weighted by molar-refractivity contribution is 7.92. The van der Waals surface area contributed by atoms with E-state index in [0.29, 0.717) is 12.3 Å². The van der Waals surface area contributed by atoms with E-state index in [0.717, 1.165) is 0 Å². The van der Waals surface area contributed by atoms with Gasteiger partial charge in [0.05, 0.1) is 12.2 Å². The molecule has 2 aromatic rings. The van der Waals surface area contributed by atoms with Crippen LogP contribution in [-0.4, -0.2) is 15.5 Å². The molecule has 19 heavy (non-hydrogen) atoms. The van der Waals surface area contributed by atoms with E-state index in [4.69, 9.17) is 4.42 Å². The van der Waals surface area contributed by atoms with Crippen molar-refractivity contribution in [1.82, 2.24) is 5.32 Å². The van der Waals surface area contributed by atoms with Gasteiger partial charge in [-0.1, -0.05) is 12.1 Å². The minimum atomic E-state index is -3.92. The third-order valence-corrected chi connectivity index (χ3v) is 3.61. The van der Waals surface area contributed by atoms with Crippen LogP contribution in [0.5, 0.6) is 0 Å². The van der Waals surface area contributed by atoms with E-state index in [1.165, 1.54) is 30.3 Å². The normalized spacial score (nSPS) is 11.5. The Morgan fingerprint density at radius 3 is 2.63 bits per heavy atom. The van der Waals surface area contributed by atoms with Gasteiger partial charge in [-0.3, -0.25) is 4.72 Å². The lowest BCUT2D eigenvalue weighted by atomic mass is 10.3. The van der Waals surface area contributed by atoms with Gasteiger partial charge in [0.15, 0.2) is 0 Å². The van der Waals surface area contributed by atoms with Crippen LogP contribution in [0, 0.1) is 5.82 Å². The van der Waals surface area contributed by atoms with E-state index in [2.05, 4.69) is 10.0 Å². The van der Waals surface area contributed by atoms with Gasteiger partial charge in [0.2, 0.25) is 5.09 Å². The number of para-hydroxylation sites is 1. The molecule has 0 amide bonds. The molecule has 0 fully saturated rings. The highest BCUT2D eigenvalue weighted by Crippen LogP contribution is 2.20. The molecule has 1 aromatic heterocycles. The second kappa shape index (κ2) is 5.41. The zero-order chi connectivity index (χ0) is 13.9. The smallest absolute Gasteiger partial charge is 0.295 e. The maximum absolute atomic E-state index is 13.4. The fourth-order valence-corrected chi connectivity index (χ4v) is 2.53. The van der Waals surface area contributed by atoms with Crippen molar-refractivity contribution in [2.24, 2.45) is 0 Å². The molecule has 0 atom stereocenters. The Morgan fingerprint density at radius 1 is 1.21 bits per heavy atom. The molecule has 0 unspecified atom stereocenters. The van der Waals surface area contributed by atoms with Crippen LogP contribution < -0.4 is 10.0 Å². The third-order valence-electron chi connectivity index (χ3n) is 2.37. The summed E-state index contributed by atoms with van der Waals surface area (Å²) in [5.74, 6) is -0.163. The van der Waals surface area contributed by atoms with E-state index in [1.807, 2.05) is 0 Å². The Morgan fingerprint density at radius 2 is 1.95 bits per heavy atom. The van der Waals surface area contributed by atoms with Crippen LogP contribution in [0.25, 0.3) is 0 Å². The minimum absolute atomic E-state index is 0.117. The number of sulfonamides is 1. The van der Waals surface area contributed by atoms with Crippen LogP contribution in [0.15, 0.2) is 45.9 Å². The topological polar surface area (TPSA) is 71.3 Å². The van der Waals surface area contributed by atoms with Gasteiger partial charge in [0.25, 0.3) is 10.0 Å². The number of rotatable bonds is 5. The zero-order valence-corrected chi connectivity index (χ0v) is 11.0. The lowest BCUT2D eigenvalue weighted by Crippen LogP contribution is -2.13. The molecule has 0 saturated carbocycles. The number of benzene rings is 1. The molecule has 7 heteroatoms. The summed E-state index contributed by atoms with van der Waals surface area (Å²) in [4.78, 5) is 0. The van der Waals surface area contributed by atoms with Gasteiger partial charge in [-0.05, 0) is 31.3 Å². The number of hydrogen-bond acceptors (Lipinski definition) is 4. The Labute approximate surface area is 110 Å².